The lowest BCUT2D eigenvalue weighted by Gasteiger charge is -2.23. The van der Waals surface area contributed by atoms with Gasteiger partial charge < -0.3 is 15.2 Å². The van der Waals surface area contributed by atoms with Gasteiger partial charge in [0.25, 0.3) is 0 Å². The molecule has 0 fully saturated rings. The number of carbonyl (C=O) groups excluding carboxylic acids is 1. The summed E-state index contributed by atoms with van der Waals surface area (Å²) in [7, 11) is 0. The molecule has 0 amide bonds. The average molecular weight is 263 g/mol. The predicted molar refractivity (Wildman–Crippen MR) is 73.1 cm³/mol. The van der Waals surface area contributed by atoms with Gasteiger partial charge in [-0.05, 0) is 61.9 Å². The summed E-state index contributed by atoms with van der Waals surface area (Å²) in [5.74, 6) is 0.956. The molecular formula is C15H21NO3. The van der Waals surface area contributed by atoms with Gasteiger partial charge in [0.15, 0.2) is 6.61 Å². The molecule has 4 heteroatoms. The monoisotopic (exact) mass is 263 g/mol. The van der Waals surface area contributed by atoms with E-state index in [2.05, 4.69) is 6.07 Å². The van der Waals surface area contributed by atoms with Crippen molar-refractivity contribution < 1.29 is 14.3 Å². The molecule has 2 rings (SSSR count). The van der Waals surface area contributed by atoms with Gasteiger partial charge in [0.2, 0.25) is 0 Å². The van der Waals surface area contributed by atoms with Crippen molar-refractivity contribution in [1.29, 1.82) is 0 Å². The average Bonchev–Trinajstić information content (AvgIpc) is 2.44. The second kappa shape index (κ2) is 6.57. The highest BCUT2D eigenvalue weighted by atomic mass is 16.6. The third-order valence-corrected chi connectivity index (χ3v) is 3.50. The summed E-state index contributed by atoms with van der Waals surface area (Å²) in [4.78, 5) is 11.2. The third-order valence-electron chi connectivity index (χ3n) is 3.50. The molecule has 0 radical (unpaired) electrons. The summed E-state index contributed by atoms with van der Waals surface area (Å²) in [6.07, 6.45) is 3.24. The zero-order valence-corrected chi connectivity index (χ0v) is 11.4. The van der Waals surface area contributed by atoms with Crippen molar-refractivity contribution in [3.63, 3.8) is 0 Å². The second-order valence-electron chi connectivity index (χ2n) is 4.87. The topological polar surface area (TPSA) is 61.5 Å². The molecule has 1 aliphatic carbocycles. The maximum Gasteiger partial charge on any atom is 0.344 e. The second-order valence-corrected chi connectivity index (χ2v) is 4.87. The first-order valence-corrected chi connectivity index (χ1v) is 6.83. The van der Waals surface area contributed by atoms with Crippen LogP contribution in [0.4, 0.5) is 0 Å². The highest BCUT2D eigenvalue weighted by molar-refractivity contribution is 5.71. The molecular weight excluding hydrogens is 242 g/mol. The van der Waals surface area contributed by atoms with Crippen molar-refractivity contribution in [1.82, 2.24) is 0 Å². The van der Waals surface area contributed by atoms with Crippen molar-refractivity contribution in [2.75, 3.05) is 19.8 Å². The zero-order valence-electron chi connectivity index (χ0n) is 11.4. The van der Waals surface area contributed by atoms with Crippen LogP contribution in [0.5, 0.6) is 5.75 Å². The minimum Gasteiger partial charge on any atom is -0.482 e. The smallest absolute Gasteiger partial charge is 0.344 e. The van der Waals surface area contributed by atoms with E-state index >= 15 is 0 Å². The van der Waals surface area contributed by atoms with Crippen LogP contribution in [-0.2, 0) is 22.4 Å². The minimum absolute atomic E-state index is 0.0348. The highest BCUT2D eigenvalue weighted by Gasteiger charge is 2.18. The molecule has 0 heterocycles. The lowest BCUT2D eigenvalue weighted by molar-refractivity contribution is -0.145. The first-order chi connectivity index (χ1) is 9.22. The number of ether oxygens (including phenoxy) is 2. The van der Waals surface area contributed by atoms with E-state index in [-0.39, 0.29) is 12.6 Å². The van der Waals surface area contributed by atoms with Gasteiger partial charge in [-0.2, -0.15) is 0 Å². The van der Waals surface area contributed by atoms with Crippen molar-refractivity contribution in [2.24, 2.45) is 11.7 Å². The van der Waals surface area contributed by atoms with Crippen LogP contribution in [0, 0.1) is 5.92 Å². The summed E-state index contributed by atoms with van der Waals surface area (Å²) in [6.45, 7) is 2.86. The quantitative estimate of drug-likeness (QED) is 0.821. The number of benzene rings is 1. The van der Waals surface area contributed by atoms with Gasteiger partial charge in [-0.3, -0.25) is 0 Å². The number of rotatable bonds is 5. The number of nitrogens with two attached hydrogens (primary N) is 1. The Morgan fingerprint density at radius 2 is 2.26 bits per heavy atom. The summed E-state index contributed by atoms with van der Waals surface area (Å²) >= 11 is 0. The maximum atomic E-state index is 11.2. The Hall–Kier alpha value is -1.55. The minimum atomic E-state index is -0.333. The SMILES string of the molecule is CCOC(=O)COc1ccc2c(c1)C[C@@H](CN)CC2. The van der Waals surface area contributed by atoms with Gasteiger partial charge in [0.1, 0.15) is 5.75 Å². The zero-order chi connectivity index (χ0) is 13.7. The van der Waals surface area contributed by atoms with Crippen LogP contribution in [0.2, 0.25) is 0 Å². The molecule has 1 atom stereocenters. The van der Waals surface area contributed by atoms with E-state index in [0.717, 1.165) is 31.6 Å². The Morgan fingerprint density at radius 3 is 3.00 bits per heavy atom. The molecule has 1 aromatic rings. The van der Waals surface area contributed by atoms with E-state index in [0.29, 0.717) is 12.5 Å². The summed E-state index contributed by atoms with van der Waals surface area (Å²) in [5.41, 5.74) is 8.40. The Labute approximate surface area is 113 Å². The molecule has 104 valence electrons. The van der Waals surface area contributed by atoms with E-state index in [4.69, 9.17) is 15.2 Å². The molecule has 0 saturated carbocycles. The van der Waals surface area contributed by atoms with Crippen LogP contribution in [0.1, 0.15) is 24.5 Å². The molecule has 0 saturated heterocycles. The Balaban J connectivity index is 1.98. The molecule has 0 spiro atoms. The predicted octanol–water partition coefficient (Wildman–Crippen LogP) is 1.69. The molecule has 1 aliphatic rings. The number of esters is 1. The molecule has 4 nitrogen and oxygen atoms in total. The van der Waals surface area contributed by atoms with Crippen LogP contribution in [0.15, 0.2) is 18.2 Å². The van der Waals surface area contributed by atoms with Crippen LogP contribution >= 0.6 is 0 Å². The molecule has 0 aromatic heterocycles. The van der Waals surface area contributed by atoms with Gasteiger partial charge in [-0.15, -0.1) is 0 Å². The number of aryl methyl sites for hydroxylation is 1. The largest absolute Gasteiger partial charge is 0.482 e. The number of carbonyl (C=O) groups is 1. The van der Waals surface area contributed by atoms with E-state index in [1.54, 1.807) is 6.92 Å². The van der Waals surface area contributed by atoms with E-state index in [1.165, 1.54) is 11.1 Å². The molecule has 2 N–H and O–H groups in total. The van der Waals surface area contributed by atoms with Gasteiger partial charge in [0, 0.05) is 0 Å². The fourth-order valence-electron chi connectivity index (χ4n) is 2.44. The summed E-state index contributed by atoms with van der Waals surface area (Å²) in [6, 6.07) is 6.03. The van der Waals surface area contributed by atoms with Gasteiger partial charge in [0.05, 0.1) is 6.61 Å². The van der Waals surface area contributed by atoms with Crippen LogP contribution < -0.4 is 10.5 Å². The maximum absolute atomic E-state index is 11.2. The molecule has 0 unspecified atom stereocenters. The first-order valence-electron chi connectivity index (χ1n) is 6.83. The number of hydrogen-bond acceptors (Lipinski definition) is 4. The fourth-order valence-corrected chi connectivity index (χ4v) is 2.44. The summed E-state index contributed by atoms with van der Waals surface area (Å²) in [5, 5.41) is 0. The number of hydrogen-bond donors (Lipinski definition) is 1. The first kappa shape index (κ1) is 13.9. The molecule has 0 aliphatic heterocycles. The van der Waals surface area contributed by atoms with Crippen molar-refractivity contribution >= 4 is 5.97 Å². The molecule has 19 heavy (non-hydrogen) atoms. The van der Waals surface area contributed by atoms with Crippen LogP contribution in [0.3, 0.4) is 0 Å². The third kappa shape index (κ3) is 3.70. The summed E-state index contributed by atoms with van der Waals surface area (Å²) < 4.78 is 10.3. The lowest BCUT2D eigenvalue weighted by atomic mass is 9.84. The van der Waals surface area contributed by atoms with Crippen LogP contribution in [0.25, 0.3) is 0 Å². The molecule has 1 aromatic carbocycles. The molecule has 0 bridgehead atoms. The normalized spacial score (nSPS) is 17.7. The Bertz CT molecular complexity index is 445. The standard InChI is InChI=1S/C15H21NO3/c1-2-18-15(17)10-19-14-6-5-12-4-3-11(9-16)7-13(12)8-14/h5-6,8,11H,2-4,7,9-10,16H2,1H3/t11-/m0/s1. The lowest BCUT2D eigenvalue weighted by Crippen LogP contribution is -2.22. The highest BCUT2D eigenvalue weighted by Crippen LogP contribution is 2.28. The van der Waals surface area contributed by atoms with Gasteiger partial charge >= 0.3 is 5.97 Å². The Kier molecular flexibility index (Phi) is 4.80. The van der Waals surface area contributed by atoms with Crippen molar-refractivity contribution in [3.05, 3.63) is 29.3 Å². The van der Waals surface area contributed by atoms with Gasteiger partial charge in [-0.25, -0.2) is 4.79 Å². The van der Waals surface area contributed by atoms with E-state index in [1.807, 2.05) is 12.1 Å². The van der Waals surface area contributed by atoms with Crippen LogP contribution in [-0.4, -0.2) is 25.7 Å². The fraction of sp³-hybridized carbons (Fsp3) is 0.533. The van der Waals surface area contributed by atoms with Crippen molar-refractivity contribution in [2.45, 2.75) is 26.2 Å². The Morgan fingerprint density at radius 1 is 1.42 bits per heavy atom. The van der Waals surface area contributed by atoms with Gasteiger partial charge in [-0.1, -0.05) is 6.07 Å². The van der Waals surface area contributed by atoms with E-state index in [9.17, 15) is 4.79 Å². The van der Waals surface area contributed by atoms with E-state index < -0.39 is 0 Å². The number of fused-ring (bicyclic) bond motifs is 1. The van der Waals surface area contributed by atoms with Crippen molar-refractivity contribution in [3.8, 4) is 5.75 Å².